The first-order valence-electron chi connectivity index (χ1n) is 15.5. The Morgan fingerprint density at radius 1 is 1.20 bits per heavy atom. The molecule has 0 radical (unpaired) electrons. The number of epoxide rings is 1. The number of rotatable bonds is 12. The number of Topliss-reactive ketones (excluding diaryl/α,β-unsaturated/α-hetero) is 2. The molecular weight excluding hydrogens is 510 g/mol. The zero-order valence-corrected chi connectivity index (χ0v) is 24.6. The van der Waals surface area contributed by atoms with Crippen molar-refractivity contribution in [3.05, 3.63) is 11.6 Å². The van der Waals surface area contributed by atoms with Crippen molar-refractivity contribution in [3.63, 3.8) is 0 Å². The number of carbonyl (C=O) groups excluding carboxylic acids is 3. The lowest BCUT2D eigenvalue weighted by molar-refractivity contribution is -0.699. The third kappa shape index (κ3) is 5.99. The van der Waals surface area contributed by atoms with Gasteiger partial charge in [0.2, 0.25) is 0 Å². The number of nitrogens with two attached hydrogens (primary N) is 3. The number of carbonyl (C=O) groups is 3. The molecule has 4 aliphatic rings. The Bertz CT molecular complexity index is 1010. The van der Waals surface area contributed by atoms with Crippen LogP contribution < -0.4 is 27.1 Å². The van der Waals surface area contributed by atoms with Crippen molar-refractivity contribution in [2.24, 2.45) is 29.2 Å². The molecule has 2 saturated carbocycles. The highest BCUT2D eigenvalue weighted by atomic mass is 16.7. The molecule has 0 amide bonds. The summed E-state index contributed by atoms with van der Waals surface area (Å²) in [5, 5.41) is 5.57. The molecule has 0 aromatic carbocycles. The molecule has 40 heavy (non-hydrogen) atoms. The Morgan fingerprint density at radius 3 is 2.60 bits per heavy atom. The molecule has 0 aromatic heterocycles. The smallest absolute Gasteiger partial charge is 0.349 e. The number of piperidine rings is 1. The Balaban J connectivity index is 1.52. The summed E-state index contributed by atoms with van der Waals surface area (Å²) in [7, 11) is 1.78. The maximum Gasteiger partial charge on any atom is 0.349 e. The fourth-order valence-electron chi connectivity index (χ4n) is 7.23. The molecule has 0 aromatic rings. The Morgan fingerprint density at radius 2 is 1.93 bits per heavy atom. The van der Waals surface area contributed by atoms with Crippen LogP contribution in [0.1, 0.15) is 90.9 Å². The molecule has 7 atom stereocenters. The quantitative estimate of drug-likeness (QED) is 0.0406. The standard InChI is InChI=1S/C30H49N5O5/c1-4-5-6-9-16-39-27(38)30-26(37)22-11-8-7-10-21(22)25(36)29(30,40-30)14-12-19(2)17-23(35-28(32)33-3)20-13-15-34-24(31)18-20/h12,20-24,34H,4-11,13-18,31H2,1-3H3,(H3,32,33,35)/p+2. The maximum absolute atomic E-state index is 13.9. The Kier molecular flexibility index (Phi) is 10.1. The molecular formula is C30H51N5O5+2. The van der Waals surface area contributed by atoms with Gasteiger partial charge in [-0.25, -0.2) is 4.79 Å². The van der Waals surface area contributed by atoms with Gasteiger partial charge in [0.15, 0.2) is 17.2 Å². The van der Waals surface area contributed by atoms with Gasteiger partial charge in [-0.15, -0.1) is 0 Å². The van der Waals surface area contributed by atoms with Crippen molar-refractivity contribution < 1.29 is 34.2 Å². The van der Waals surface area contributed by atoms with Gasteiger partial charge in [-0.3, -0.25) is 31.4 Å². The van der Waals surface area contributed by atoms with E-state index in [4.69, 9.17) is 20.9 Å². The molecule has 4 rings (SSSR count). The summed E-state index contributed by atoms with van der Waals surface area (Å²) in [6.45, 7) is 5.34. The zero-order chi connectivity index (χ0) is 28.9. The summed E-state index contributed by atoms with van der Waals surface area (Å²) < 4.78 is 11.7. The number of fused-ring (bicyclic) bond motifs is 2. The van der Waals surface area contributed by atoms with E-state index in [0.717, 1.165) is 63.5 Å². The Hall–Kier alpha value is -2.30. The zero-order valence-electron chi connectivity index (χ0n) is 24.6. The van der Waals surface area contributed by atoms with Gasteiger partial charge in [0, 0.05) is 43.4 Å². The van der Waals surface area contributed by atoms with Crippen molar-refractivity contribution in [2.45, 2.75) is 114 Å². The first kappa shape index (κ1) is 30.7. The minimum atomic E-state index is -1.79. The third-order valence-electron chi connectivity index (χ3n) is 9.60. The summed E-state index contributed by atoms with van der Waals surface area (Å²) in [4.78, 5) is 44.2. The van der Waals surface area contributed by atoms with Crippen LogP contribution in [-0.2, 0) is 23.9 Å². The molecule has 7 unspecified atom stereocenters. The van der Waals surface area contributed by atoms with Crippen molar-refractivity contribution in [1.82, 2.24) is 5.32 Å². The fraction of sp³-hybridized carbons (Fsp3) is 0.800. The number of esters is 1. The predicted octanol–water partition coefficient (Wildman–Crippen LogP) is -0.456. The van der Waals surface area contributed by atoms with Gasteiger partial charge in [0.05, 0.1) is 26.2 Å². The van der Waals surface area contributed by atoms with Gasteiger partial charge in [-0.2, -0.15) is 0 Å². The number of quaternary nitrogens is 1. The summed E-state index contributed by atoms with van der Waals surface area (Å²) in [6.07, 6.45) is 11.7. The van der Waals surface area contributed by atoms with Crippen LogP contribution in [0.3, 0.4) is 0 Å². The monoisotopic (exact) mass is 561 g/mol. The van der Waals surface area contributed by atoms with Gasteiger partial charge >= 0.3 is 11.9 Å². The molecule has 10 heteroatoms. The summed E-state index contributed by atoms with van der Waals surface area (Å²) in [5.74, 6) is -1.00. The number of hydrogen-bond donors (Lipinski definition) is 5. The highest BCUT2D eigenvalue weighted by molar-refractivity contribution is 6.23. The molecule has 2 heterocycles. The van der Waals surface area contributed by atoms with E-state index in [0.29, 0.717) is 31.1 Å². The molecule has 224 valence electrons. The van der Waals surface area contributed by atoms with Crippen LogP contribution in [0.2, 0.25) is 0 Å². The molecule has 2 aliphatic carbocycles. The molecule has 0 bridgehead atoms. The van der Waals surface area contributed by atoms with Gasteiger partial charge in [-0.05, 0) is 26.2 Å². The highest BCUT2D eigenvalue weighted by Gasteiger charge is 2.86. The van der Waals surface area contributed by atoms with E-state index < -0.39 is 23.1 Å². The average Bonchev–Trinajstić information content (AvgIpc) is 3.66. The first-order chi connectivity index (χ1) is 19.2. The Labute approximate surface area is 238 Å². The van der Waals surface area contributed by atoms with Crippen LogP contribution in [0.5, 0.6) is 0 Å². The fourth-order valence-corrected chi connectivity index (χ4v) is 7.23. The van der Waals surface area contributed by atoms with Crippen LogP contribution in [0.4, 0.5) is 0 Å². The largest absolute Gasteiger partial charge is 0.463 e. The number of nitrogens with one attached hydrogen (secondary N) is 2. The summed E-state index contributed by atoms with van der Waals surface area (Å²) in [6, 6.07) is 0.0605. The number of ether oxygens (including phenoxy) is 2. The van der Waals surface area contributed by atoms with Crippen molar-refractivity contribution in [3.8, 4) is 0 Å². The maximum atomic E-state index is 13.9. The van der Waals surface area contributed by atoms with Crippen molar-refractivity contribution >= 4 is 23.5 Å². The lowest BCUT2D eigenvalue weighted by Gasteiger charge is -2.36. The second-order valence-corrected chi connectivity index (χ2v) is 12.4. The van der Waals surface area contributed by atoms with Gasteiger partial charge in [-0.1, -0.05) is 50.7 Å². The number of guanidine groups is 1. The van der Waals surface area contributed by atoms with Gasteiger partial charge < -0.3 is 14.8 Å². The van der Waals surface area contributed by atoms with Gasteiger partial charge in [0.1, 0.15) is 6.17 Å². The highest BCUT2D eigenvalue weighted by Crippen LogP contribution is 2.61. The molecule has 8 N–H and O–H groups in total. The minimum Gasteiger partial charge on any atom is -0.463 e. The van der Waals surface area contributed by atoms with Crippen molar-refractivity contribution in [1.29, 1.82) is 0 Å². The lowest BCUT2D eigenvalue weighted by atomic mass is 9.61. The molecule has 2 aliphatic heterocycles. The van der Waals surface area contributed by atoms with Crippen LogP contribution in [0.25, 0.3) is 0 Å². The third-order valence-corrected chi connectivity index (χ3v) is 9.60. The summed E-state index contributed by atoms with van der Waals surface area (Å²) >= 11 is 0. The van der Waals surface area contributed by atoms with E-state index in [2.05, 4.69) is 22.5 Å². The van der Waals surface area contributed by atoms with E-state index in [1.54, 1.807) is 7.05 Å². The summed E-state index contributed by atoms with van der Waals surface area (Å²) in [5.41, 5.74) is 10.1. The van der Waals surface area contributed by atoms with Crippen LogP contribution >= 0.6 is 0 Å². The van der Waals surface area contributed by atoms with E-state index in [9.17, 15) is 14.4 Å². The van der Waals surface area contributed by atoms with Gasteiger partial charge in [0.25, 0.3) is 5.60 Å². The van der Waals surface area contributed by atoms with Crippen LogP contribution in [-0.4, -0.2) is 67.1 Å². The van der Waals surface area contributed by atoms with Crippen LogP contribution in [0, 0.1) is 17.8 Å². The number of hydrogen-bond acceptors (Lipinski definition) is 6. The van der Waals surface area contributed by atoms with Crippen LogP contribution in [0.15, 0.2) is 11.6 Å². The first-order valence-corrected chi connectivity index (χ1v) is 15.5. The molecule has 4 fully saturated rings. The van der Waals surface area contributed by atoms with E-state index in [1.807, 2.05) is 13.0 Å². The lowest BCUT2D eigenvalue weighted by Crippen LogP contribution is -2.95. The molecule has 10 nitrogen and oxygen atoms in total. The predicted molar refractivity (Wildman–Crippen MR) is 151 cm³/mol. The average molecular weight is 562 g/mol. The minimum absolute atomic E-state index is 0.0600. The SMILES string of the molecule is CCCCCCOC(=O)C12OC1(CC=C(C)CC(NC(N)=[NH+]C)C1CC[NH2+]C(N)C1)C(=O)C1CCCCC1C2=O. The van der Waals surface area contributed by atoms with Crippen molar-refractivity contribution in [2.75, 3.05) is 20.2 Å². The molecule has 2 saturated heterocycles. The second-order valence-electron chi connectivity index (χ2n) is 12.4. The second kappa shape index (κ2) is 13.1. The number of unbranched alkanes of at least 4 members (excludes halogenated alkanes) is 3. The van der Waals surface area contributed by atoms with E-state index >= 15 is 0 Å². The van der Waals surface area contributed by atoms with E-state index in [-0.39, 0.29) is 42.7 Å². The normalized spacial score (nSPS) is 35.0. The topological polar surface area (TPSA) is 168 Å². The number of ketones is 2. The molecule has 0 spiro atoms. The van der Waals surface area contributed by atoms with E-state index in [1.165, 1.54) is 0 Å².